The van der Waals surface area contributed by atoms with Crippen molar-refractivity contribution in [1.82, 2.24) is 15.5 Å². The van der Waals surface area contributed by atoms with Crippen molar-refractivity contribution in [3.8, 4) is 0 Å². The molecule has 1 heterocycles. The lowest BCUT2D eigenvalue weighted by molar-refractivity contribution is -0.132. The summed E-state index contributed by atoms with van der Waals surface area (Å²) >= 11 is 0. The first-order valence-corrected chi connectivity index (χ1v) is 9.96. The van der Waals surface area contributed by atoms with Crippen molar-refractivity contribution < 1.29 is 14.3 Å². The quantitative estimate of drug-likeness (QED) is 0.782. The van der Waals surface area contributed by atoms with Crippen molar-refractivity contribution in [3.05, 3.63) is 35.9 Å². The van der Waals surface area contributed by atoms with Crippen LogP contribution in [0.3, 0.4) is 0 Å². The number of nitrogens with one attached hydrogen (secondary N) is 2. The van der Waals surface area contributed by atoms with Crippen LogP contribution in [0.15, 0.2) is 30.3 Å². The zero-order valence-electron chi connectivity index (χ0n) is 18.2. The molecule has 1 aromatic carbocycles. The van der Waals surface area contributed by atoms with E-state index in [9.17, 15) is 9.59 Å². The monoisotopic (exact) mass is 389 g/mol. The Bertz CT molecular complexity index is 677. The zero-order valence-corrected chi connectivity index (χ0v) is 18.2. The molecule has 1 fully saturated rings. The fraction of sp³-hybridized carbons (Fsp3) is 0.636. The Labute approximate surface area is 169 Å². The van der Waals surface area contributed by atoms with Gasteiger partial charge in [-0.05, 0) is 60.5 Å². The topological polar surface area (TPSA) is 70.7 Å². The molecule has 1 aliphatic heterocycles. The lowest BCUT2D eigenvalue weighted by Gasteiger charge is -2.37. The molecule has 0 aromatic heterocycles. The van der Waals surface area contributed by atoms with Gasteiger partial charge in [-0.2, -0.15) is 0 Å². The van der Waals surface area contributed by atoms with E-state index in [1.165, 1.54) is 4.90 Å². The average Bonchev–Trinajstić information content (AvgIpc) is 2.91. The molecular formula is C22H35N3O3. The summed E-state index contributed by atoms with van der Waals surface area (Å²) in [5, 5.41) is 6.86. The van der Waals surface area contributed by atoms with Gasteiger partial charge in [0.25, 0.3) is 5.91 Å². The third kappa shape index (κ3) is 6.31. The third-order valence-corrected chi connectivity index (χ3v) is 4.53. The maximum atomic E-state index is 13.5. The Balaban J connectivity index is 2.25. The van der Waals surface area contributed by atoms with Gasteiger partial charge in [0, 0.05) is 17.1 Å². The number of carbonyl (C=O) groups excluding carboxylic acids is 2. The summed E-state index contributed by atoms with van der Waals surface area (Å²) < 4.78 is 5.25. The van der Waals surface area contributed by atoms with E-state index in [0.717, 1.165) is 5.56 Å². The van der Waals surface area contributed by atoms with E-state index in [-0.39, 0.29) is 35.7 Å². The van der Waals surface area contributed by atoms with Crippen molar-refractivity contribution in [2.75, 3.05) is 6.61 Å². The fourth-order valence-electron chi connectivity index (χ4n) is 3.55. The second-order valence-electron chi connectivity index (χ2n) is 9.68. The predicted octanol–water partition coefficient (Wildman–Crippen LogP) is 3.11. The van der Waals surface area contributed by atoms with E-state index in [2.05, 4.69) is 31.4 Å². The maximum Gasteiger partial charge on any atom is 0.417 e. The van der Waals surface area contributed by atoms with Crippen molar-refractivity contribution in [2.24, 2.45) is 0 Å². The van der Waals surface area contributed by atoms with Crippen LogP contribution in [-0.4, -0.2) is 52.7 Å². The van der Waals surface area contributed by atoms with Crippen LogP contribution < -0.4 is 10.6 Å². The maximum absolute atomic E-state index is 13.5. The molecule has 28 heavy (non-hydrogen) atoms. The minimum absolute atomic E-state index is 0.160. The molecule has 2 N–H and O–H groups in total. The molecule has 3 atom stereocenters. The third-order valence-electron chi connectivity index (χ3n) is 4.53. The normalized spacial score (nSPS) is 20.0. The molecule has 1 saturated heterocycles. The summed E-state index contributed by atoms with van der Waals surface area (Å²) in [7, 11) is 0. The number of ether oxygens (including phenoxy) is 1. The van der Waals surface area contributed by atoms with Gasteiger partial charge in [0.1, 0.15) is 12.6 Å². The highest BCUT2D eigenvalue weighted by atomic mass is 16.6. The van der Waals surface area contributed by atoms with Crippen LogP contribution in [0.25, 0.3) is 0 Å². The second-order valence-corrected chi connectivity index (χ2v) is 9.68. The molecule has 6 heteroatoms. The molecular weight excluding hydrogens is 354 g/mol. The largest absolute Gasteiger partial charge is 0.447 e. The molecule has 0 unspecified atom stereocenters. The lowest BCUT2D eigenvalue weighted by atomic mass is 9.98. The number of cyclic esters (lactones) is 1. The second kappa shape index (κ2) is 8.62. The number of hydrogen-bond acceptors (Lipinski definition) is 5. The van der Waals surface area contributed by atoms with Gasteiger partial charge in [-0.25, -0.2) is 9.69 Å². The number of imide groups is 1. The number of benzene rings is 1. The number of nitrogens with zero attached hydrogens (tertiary/aromatic N) is 1. The van der Waals surface area contributed by atoms with E-state index in [1.54, 1.807) is 0 Å². The molecule has 156 valence electrons. The standard InChI is InChI=1S/C22H35N3O3/c1-15(23-21(2,3)4)18(24-22(5,6)7)19(26)25-17(14-28-20(25)27)13-16-11-9-8-10-12-16/h8-12,15,17-18,23-24H,13-14H2,1-7H3/t15-,17+,18+/m1/s1. The van der Waals surface area contributed by atoms with Crippen molar-refractivity contribution >= 4 is 12.0 Å². The van der Waals surface area contributed by atoms with Crippen LogP contribution in [0.5, 0.6) is 0 Å². The number of amides is 2. The van der Waals surface area contributed by atoms with Crippen LogP contribution >= 0.6 is 0 Å². The molecule has 0 bridgehead atoms. The molecule has 6 nitrogen and oxygen atoms in total. The van der Waals surface area contributed by atoms with Gasteiger partial charge in [0.05, 0.1) is 6.04 Å². The molecule has 1 aromatic rings. The minimum atomic E-state index is -0.561. The smallest absolute Gasteiger partial charge is 0.417 e. The van der Waals surface area contributed by atoms with Gasteiger partial charge in [-0.15, -0.1) is 0 Å². The van der Waals surface area contributed by atoms with Gasteiger partial charge in [-0.1, -0.05) is 30.3 Å². The van der Waals surface area contributed by atoms with Crippen molar-refractivity contribution in [3.63, 3.8) is 0 Å². The SMILES string of the molecule is C[C@@H](NC(C)(C)C)[C@H](NC(C)(C)C)C(=O)N1C(=O)OC[C@@H]1Cc1ccccc1. The van der Waals surface area contributed by atoms with Gasteiger partial charge in [0.2, 0.25) is 0 Å². The molecule has 0 aliphatic carbocycles. The number of rotatable bonds is 6. The molecule has 1 aliphatic rings. The Hall–Kier alpha value is -1.92. The zero-order chi connectivity index (χ0) is 21.1. The van der Waals surface area contributed by atoms with Crippen LogP contribution in [0.1, 0.15) is 54.0 Å². The highest BCUT2D eigenvalue weighted by Crippen LogP contribution is 2.20. The van der Waals surface area contributed by atoms with Crippen LogP contribution in [-0.2, 0) is 16.0 Å². The van der Waals surface area contributed by atoms with E-state index in [0.29, 0.717) is 6.42 Å². The summed E-state index contributed by atoms with van der Waals surface area (Å²) in [6.45, 7) is 14.4. The summed E-state index contributed by atoms with van der Waals surface area (Å²) in [5.74, 6) is -0.248. The van der Waals surface area contributed by atoms with Crippen molar-refractivity contribution in [1.29, 1.82) is 0 Å². The molecule has 0 radical (unpaired) electrons. The highest BCUT2D eigenvalue weighted by molar-refractivity contribution is 5.97. The van der Waals surface area contributed by atoms with E-state index in [4.69, 9.17) is 4.74 Å². The van der Waals surface area contributed by atoms with E-state index >= 15 is 0 Å². The molecule has 2 amide bonds. The number of hydrogen-bond donors (Lipinski definition) is 2. The number of carbonyl (C=O) groups is 2. The Morgan fingerprint density at radius 1 is 1.11 bits per heavy atom. The Morgan fingerprint density at radius 3 is 2.21 bits per heavy atom. The van der Waals surface area contributed by atoms with Gasteiger partial charge in [-0.3, -0.25) is 10.1 Å². The van der Waals surface area contributed by atoms with Crippen LogP contribution in [0.2, 0.25) is 0 Å². The summed E-state index contributed by atoms with van der Waals surface area (Å²) in [6, 6.07) is 8.84. The highest BCUT2D eigenvalue weighted by Gasteiger charge is 2.43. The summed E-state index contributed by atoms with van der Waals surface area (Å²) in [4.78, 5) is 27.2. The first-order chi connectivity index (χ1) is 12.9. The first-order valence-electron chi connectivity index (χ1n) is 9.96. The first kappa shape index (κ1) is 22.4. The van der Waals surface area contributed by atoms with Crippen LogP contribution in [0.4, 0.5) is 4.79 Å². The van der Waals surface area contributed by atoms with Gasteiger partial charge < -0.3 is 10.1 Å². The van der Waals surface area contributed by atoms with E-state index in [1.807, 2.05) is 58.0 Å². The lowest BCUT2D eigenvalue weighted by Crippen LogP contribution is -2.63. The molecule has 0 spiro atoms. The predicted molar refractivity (Wildman–Crippen MR) is 111 cm³/mol. The van der Waals surface area contributed by atoms with Gasteiger partial charge in [0.15, 0.2) is 0 Å². The molecule has 2 rings (SSSR count). The summed E-state index contributed by atoms with van der Waals surface area (Å²) in [5.41, 5.74) is 0.629. The summed E-state index contributed by atoms with van der Waals surface area (Å²) in [6.07, 6.45) is 0.0244. The fourth-order valence-corrected chi connectivity index (χ4v) is 3.55. The van der Waals surface area contributed by atoms with E-state index < -0.39 is 12.1 Å². The average molecular weight is 390 g/mol. The van der Waals surface area contributed by atoms with Crippen molar-refractivity contribution in [2.45, 2.75) is 84.1 Å². The van der Waals surface area contributed by atoms with Crippen LogP contribution in [0, 0.1) is 0 Å². The Morgan fingerprint density at radius 2 is 1.68 bits per heavy atom. The van der Waals surface area contributed by atoms with Gasteiger partial charge >= 0.3 is 6.09 Å². The molecule has 0 saturated carbocycles. The minimum Gasteiger partial charge on any atom is -0.447 e. The Kier molecular flexibility index (Phi) is 6.88.